The van der Waals surface area contributed by atoms with Crippen molar-refractivity contribution in [1.82, 2.24) is 5.32 Å². The van der Waals surface area contributed by atoms with E-state index >= 15 is 0 Å². The quantitative estimate of drug-likeness (QED) is 0.883. The minimum atomic E-state index is 0.387. The van der Waals surface area contributed by atoms with E-state index < -0.39 is 0 Å². The van der Waals surface area contributed by atoms with Crippen LogP contribution >= 0.6 is 11.6 Å². The summed E-state index contributed by atoms with van der Waals surface area (Å²) in [5.74, 6) is 0.850. The summed E-state index contributed by atoms with van der Waals surface area (Å²) < 4.78 is 5.34. The number of halogens is 1. The molecule has 1 aromatic carbocycles. The molecular formula is C14H21ClN2O. The third-order valence-electron chi connectivity index (χ3n) is 3.64. The Bertz CT molecular complexity index is 389. The Kier molecular flexibility index (Phi) is 4.87. The molecule has 4 heteroatoms. The molecule has 3 N–H and O–H groups in total. The number of rotatable bonds is 4. The number of benzene rings is 1. The van der Waals surface area contributed by atoms with Crippen LogP contribution in [0.1, 0.15) is 31.2 Å². The maximum atomic E-state index is 6.21. The predicted octanol–water partition coefficient (Wildman–Crippen LogP) is 2.71. The molecule has 0 amide bonds. The van der Waals surface area contributed by atoms with E-state index in [1.165, 1.54) is 0 Å². The zero-order chi connectivity index (χ0) is 13.0. The Balaban J connectivity index is 1.93. The average molecular weight is 269 g/mol. The predicted molar refractivity (Wildman–Crippen MR) is 75.1 cm³/mol. The van der Waals surface area contributed by atoms with Gasteiger partial charge in [-0.1, -0.05) is 17.7 Å². The van der Waals surface area contributed by atoms with Crippen LogP contribution in [-0.4, -0.2) is 19.2 Å². The van der Waals surface area contributed by atoms with Crippen molar-refractivity contribution in [2.75, 3.05) is 7.11 Å². The SMILES string of the molecule is COc1cccc(Cl)c1CNC1CCC(N)CC1. The van der Waals surface area contributed by atoms with Crippen molar-refractivity contribution in [2.24, 2.45) is 5.73 Å². The molecule has 0 saturated heterocycles. The molecule has 0 radical (unpaired) electrons. The van der Waals surface area contributed by atoms with Crippen molar-refractivity contribution in [3.8, 4) is 5.75 Å². The van der Waals surface area contributed by atoms with Crippen LogP contribution in [0.4, 0.5) is 0 Å². The smallest absolute Gasteiger partial charge is 0.124 e. The second-order valence-electron chi connectivity index (χ2n) is 4.91. The Labute approximate surface area is 114 Å². The van der Waals surface area contributed by atoms with Gasteiger partial charge in [-0.15, -0.1) is 0 Å². The van der Waals surface area contributed by atoms with Crippen LogP contribution < -0.4 is 15.8 Å². The van der Waals surface area contributed by atoms with E-state index in [9.17, 15) is 0 Å². The maximum Gasteiger partial charge on any atom is 0.124 e. The van der Waals surface area contributed by atoms with Crippen molar-refractivity contribution in [1.29, 1.82) is 0 Å². The standard InChI is InChI=1S/C14H21ClN2O/c1-18-14-4-2-3-13(15)12(14)9-17-11-7-5-10(16)6-8-11/h2-4,10-11,17H,5-9,16H2,1H3. The molecule has 0 bridgehead atoms. The molecule has 0 spiro atoms. The molecule has 1 aromatic rings. The molecule has 0 unspecified atom stereocenters. The van der Waals surface area contributed by atoms with Crippen LogP contribution in [0.3, 0.4) is 0 Å². The van der Waals surface area contributed by atoms with Crippen LogP contribution in [0.25, 0.3) is 0 Å². The van der Waals surface area contributed by atoms with Crippen molar-refractivity contribution < 1.29 is 4.74 Å². The summed E-state index contributed by atoms with van der Waals surface area (Å²) in [4.78, 5) is 0. The summed E-state index contributed by atoms with van der Waals surface area (Å²) in [6.07, 6.45) is 4.51. The van der Waals surface area contributed by atoms with Crippen molar-refractivity contribution in [3.63, 3.8) is 0 Å². The summed E-state index contributed by atoms with van der Waals surface area (Å²) in [6, 6.07) is 6.69. The van der Waals surface area contributed by atoms with Gasteiger partial charge in [0.2, 0.25) is 0 Å². The average Bonchev–Trinajstić information content (AvgIpc) is 2.39. The third-order valence-corrected chi connectivity index (χ3v) is 3.99. The molecule has 0 aliphatic heterocycles. The van der Waals surface area contributed by atoms with Crippen molar-refractivity contribution >= 4 is 11.6 Å². The zero-order valence-electron chi connectivity index (χ0n) is 10.8. The van der Waals surface area contributed by atoms with Crippen LogP contribution in [0.2, 0.25) is 5.02 Å². The Hall–Kier alpha value is -0.770. The van der Waals surface area contributed by atoms with Crippen molar-refractivity contribution in [2.45, 2.75) is 44.3 Å². The van der Waals surface area contributed by atoms with E-state index in [0.717, 1.165) is 48.6 Å². The fourth-order valence-electron chi connectivity index (χ4n) is 2.47. The van der Waals surface area contributed by atoms with Crippen LogP contribution in [0, 0.1) is 0 Å². The molecule has 1 aliphatic carbocycles. The summed E-state index contributed by atoms with van der Waals surface area (Å²) in [6.45, 7) is 0.753. The Morgan fingerprint density at radius 3 is 2.72 bits per heavy atom. The number of nitrogens with two attached hydrogens (primary N) is 1. The fraction of sp³-hybridized carbons (Fsp3) is 0.571. The van der Waals surface area contributed by atoms with Gasteiger partial charge in [0.1, 0.15) is 5.75 Å². The van der Waals surface area contributed by atoms with E-state index in [1.807, 2.05) is 18.2 Å². The molecule has 3 nitrogen and oxygen atoms in total. The molecule has 0 atom stereocenters. The first-order valence-corrected chi connectivity index (χ1v) is 6.89. The van der Waals surface area contributed by atoms with Crippen LogP contribution in [-0.2, 0) is 6.54 Å². The number of hydrogen-bond donors (Lipinski definition) is 2. The molecule has 1 aliphatic rings. The third kappa shape index (κ3) is 3.37. The van der Waals surface area contributed by atoms with E-state index in [2.05, 4.69) is 5.32 Å². The highest BCUT2D eigenvalue weighted by Gasteiger charge is 2.18. The van der Waals surface area contributed by atoms with E-state index in [-0.39, 0.29) is 0 Å². The van der Waals surface area contributed by atoms with E-state index in [4.69, 9.17) is 22.1 Å². The Morgan fingerprint density at radius 2 is 2.06 bits per heavy atom. The van der Waals surface area contributed by atoms with Gasteiger partial charge in [0, 0.05) is 29.2 Å². The molecule has 18 heavy (non-hydrogen) atoms. The summed E-state index contributed by atoms with van der Waals surface area (Å²) in [7, 11) is 1.68. The maximum absolute atomic E-state index is 6.21. The van der Waals surface area contributed by atoms with Crippen LogP contribution in [0.5, 0.6) is 5.75 Å². The number of ether oxygens (including phenoxy) is 1. The van der Waals surface area contributed by atoms with Gasteiger partial charge < -0.3 is 15.8 Å². The highest BCUT2D eigenvalue weighted by atomic mass is 35.5. The zero-order valence-corrected chi connectivity index (χ0v) is 11.5. The second kappa shape index (κ2) is 6.41. The molecule has 0 heterocycles. The van der Waals surface area contributed by atoms with Crippen LogP contribution in [0.15, 0.2) is 18.2 Å². The highest BCUT2D eigenvalue weighted by molar-refractivity contribution is 6.31. The molecule has 2 rings (SSSR count). The summed E-state index contributed by atoms with van der Waals surface area (Å²) in [5.41, 5.74) is 6.94. The monoisotopic (exact) mass is 268 g/mol. The summed E-state index contributed by atoms with van der Waals surface area (Å²) in [5, 5.41) is 4.31. The lowest BCUT2D eigenvalue weighted by atomic mass is 9.92. The van der Waals surface area contributed by atoms with E-state index in [0.29, 0.717) is 12.1 Å². The first-order valence-electron chi connectivity index (χ1n) is 6.51. The van der Waals surface area contributed by atoms with Gasteiger partial charge in [-0.2, -0.15) is 0 Å². The molecular weight excluding hydrogens is 248 g/mol. The molecule has 100 valence electrons. The minimum Gasteiger partial charge on any atom is -0.496 e. The van der Waals surface area contributed by atoms with Gasteiger partial charge in [-0.25, -0.2) is 0 Å². The first-order chi connectivity index (χ1) is 8.70. The van der Waals surface area contributed by atoms with Gasteiger partial charge in [0.15, 0.2) is 0 Å². The fourth-order valence-corrected chi connectivity index (χ4v) is 2.70. The van der Waals surface area contributed by atoms with Gasteiger partial charge in [0.05, 0.1) is 7.11 Å². The summed E-state index contributed by atoms with van der Waals surface area (Å²) >= 11 is 6.21. The first kappa shape index (κ1) is 13.7. The molecule has 1 fully saturated rings. The van der Waals surface area contributed by atoms with Gasteiger partial charge >= 0.3 is 0 Å². The topological polar surface area (TPSA) is 47.3 Å². The lowest BCUT2D eigenvalue weighted by Gasteiger charge is -2.27. The van der Waals surface area contributed by atoms with E-state index in [1.54, 1.807) is 7.11 Å². The lowest BCUT2D eigenvalue weighted by Crippen LogP contribution is -2.37. The largest absolute Gasteiger partial charge is 0.496 e. The molecule has 1 saturated carbocycles. The lowest BCUT2D eigenvalue weighted by molar-refractivity contribution is 0.338. The Morgan fingerprint density at radius 1 is 1.33 bits per heavy atom. The second-order valence-corrected chi connectivity index (χ2v) is 5.32. The highest BCUT2D eigenvalue weighted by Crippen LogP contribution is 2.26. The number of nitrogens with one attached hydrogen (secondary N) is 1. The van der Waals surface area contributed by atoms with Gasteiger partial charge in [0.25, 0.3) is 0 Å². The van der Waals surface area contributed by atoms with Crippen molar-refractivity contribution in [3.05, 3.63) is 28.8 Å². The number of methoxy groups -OCH3 is 1. The van der Waals surface area contributed by atoms with Gasteiger partial charge in [-0.3, -0.25) is 0 Å². The van der Waals surface area contributed by atoms with Gasteiger partial charge in [-0.05, 0) is 37.8 Å². The number of hydrogen-bond acceptors (Lipinski definition) is 3. The molecule has 0 aromatic heterocycles. The normalized spacial score (nSPS) is 23.9. The minimum absolute atomic E-state index is 0.387.